The molecule has 0 radical (unpaired) electrons. The van der Waals surface area contributed by atoms with Gasteiger partial charge in [-0.1, -0.05) is 18.2 Å². The maximum atomic E-state index is 13.1. The topological polar surface area (TPSA) is 84.7 Å². The van der Waals surface area contributed by atoms with Crippen LogP contribution < -0.4 is 0 Å². The number of carboxylic acid groups (broad SMARTS) is 1. The van der Waals surface area contributed by atoms with Crippen LogP contribution in [0.15, 0.2) is 48.5 Å². The predicted molar refractivity (Wildman–Crippen MR) is 108 cm³/mol. The molecule has 2 atom stereocenters. The minimum Gasteiger partial charge on any atom is -0.481 e. The highest BCUT2D eigenvalue weighted by Crippen LogP contribution is 2.27. The molecule has 29 heavy (non-hydrogen) atoms. The van der Waals surface area contributed by atoms with Gasteiger partial charge in [-0.3, -0.25) is 14.2 Å². The lowest BCUT2D eigenvalue weighted by Crippen LogP contribution is -2.37. The zero-order valence-electron chi connectivity index (χ0n) is 16.4. The number of carbonyl (C=O) groups is 2. The smallest absolute Gasteiger partial charge is 0.305 e. The Morgan fingerprint density at radius 1 is 1.21 bits per heavy atom. The van der Waals surface area contributed by atoms with Gasteiger partial charge in [-0.15, -0.1) is 0 Å². The van der Waals surface area contributed by atoms with Crippen molar-refractivity contribution in [1.82, 2.24) is 14.5 Å². The number of hydrogen-bond acceptors (Lipinski definition) is 4. The number of fused-ring (bicyclic) bond motifs is 1. The van der Waals surface area contributed by atoms with E-state index in [4.69, 9.17) is 4.74 Å². The van der Waals surface area contributed by atoms with Gasteiger partial charge in [0.1, 0.15) is 5.82 Å². The molecule has 7 heteroatoms. The van der Waals surface area contributed by atoms with E-state index in [0.717, 1.165) is 22.5 Å². The summed E-state index contributed by atoms with van der Waals surface area (Å²) < 4.78 is 7.42. The lowest BCUT2D eigenvalue weighted by atomic mass is 10.1. The number of carboxylic acids is 1. The minimum atomic E-state index is -0.919. The van der Waals surface area contributed by atoms with Gasteiger partial charge in [-0.05, 0) is 43.7 Å². The quantitative estimate of drug-likeness (QED) is 0.720. The van der Waals surface area contributed by atoms with Crippen LogP contribution in [0.2, 0.25) is 0 Å². The number of carbonyl (C=O) groups excluding carboxylic acids is 1. The average Bonchev–Trinajstić information content (AvgIpc) is 3.26. The van der Waals surface area contributed by atoms with Crippen molar-refractivity contribution in [3.8, 4) is 5.69 Å². The summed E-state index contributed by atoms with van der Waals surface area (Å²) in [6.45, 7) is 2.32. The van der Waals surface area contributed by atoms with E-state index in [-0.39, 0.29) is 24.5 Å². The summed E-state index contributed by atoms with van der Waals surface area (Å²) in [6, 6.07) is 15.0. The molecule has 2 heterocycles. The normalized spacial score (nSPS) is 19.0. The number of aliphatic carboxylic acids is 1. The molecule has 1 saturated heterocycles. The van der Waals surface area contributed by atoms with E-state index in [1.807, 2.05) is 47.9 Å². The summed E-state index contributed by atoms with van der Waals surface area (Å²) in [5, 5.41) is 9.19. The third-order valence-corrected chi connectivity index (χ3v) is 5.46. The molecule has 2 aromatic carbocycles. The van der Waals surface area contributed by atoms with Crippen molar-refractivity contribution in [2.24, 2.45) is 0 Å². The summed E-state index contributed by atoms with van der Waals surface area (Å²) in [6.07, 6.45) is 0.292. The van der Waals surface area contributed by atoms with Crippen LogP contribution in [0.1, 0.15) is 29.0 Å². The first kappa shape index (κ1) is 19.1. The second-order valence-electron chi connectivity index (χ2n) is 7.34. The Kier molecular flexibility index (Phi) is 5.07. The van der Waals surface area contributed by atoms with Crippen LogP contribution in [-0.4, -0.2) is 57.2 Å². The fourth-order valence-corrected chi connectivity index (χ4v) is 4.09. The molecular weight excluding hydrogens is 370 g/mol. The third-order valence-electron chi connectivity index (χ3n) is 5.46. The predicted octanol–water partition coefficient (Wildman–Crippen LogP) is 3.04. The second kappa shape index (κ2) is 7.67. The Balaban J connectivity index is 1.67. The number of ether oxygens (including phenoxy) is 1. The molecule has 1 aromatic heterocycles. The molecule has 3 aromatic rings. The molecule has 0 saturated carbocycles. The van der Waals surface area contributed by atoms with Gasteiger partial charge < -0.3 is 14.7 Å². The van der Waals surface area contributed by atoms with Gasteiger partial charge in [-0.25, -0.2) is 4.98 Å². The molecule has 1 fully saturated rings. The third kappa shape index (κ3) is 3.61. The van der Waals surface area contributed by atoms with E-state index in [1.54, 1.807) is 24.1 Å². The van der Waals surface area contributed by atoms with E-state index >= 15 is 0 Å². The van der Waals surface area contributed by atoms with Gasteiger partial charge in [0, 0.05) is 30.9 Å². The van der Waals surface area contributed by atoms with Crippen LogP contribution in [0.4, 0.5) is 0 Å². The Bertz CT molecular complexity index is 1060. The van der Waals surface area contributed by atoms with E-state index in [2.05, 4.69) is 4.98 Å². The van der Waals surface area contributed by atoms with Gasteiger partial charge in [0.2, 0.25) is 0 Å². The molecule has 1 N–H and O–H groups in total. The first-order valence-corrected chi connectivity index (χ1v) is 9.58. The van der Waals surface area contributed by atoms with Crippen LogP contribution in [-0.2, 0) is 9.53 Å². The molecule has 150 valence electrons. The molecular formula is C22H23N3O4. The van der Waals surface area contributed by atoms with E-state index in [9.17, 15) is 14.7 Å². The fourth-order valence-electron chi connectivity index (χ4n) is 4.09. The second-order valence-corrected chi connectivity index (χ2v) is 7.34. The summed E-state index contributed by atoms with van der Waals surface area (Å²) in [7, 11) is 1.58. The zero-order chi connectivity index (χ0) is 20.5. The number of rotatable bonds is 5. The Morgan fingerprint density at radius 2 is 1.97 bits per heavy atom. The van der Waals surface area contributed by atoms with Crippen molar-refractivity contribution in [1.29, 1.82) is 0 Å². The zero-order valence-corrected chi connectivity index (χ0v) is 16.4. The molecule has 1 aliphatic rings. The number of methoxy groups -OCH3 is 1. The van der Waals surface area contributed by atoms with Crippen molar-refractivity contribution < 1.29 is 19.4 Å². The first-order valence-electron chi connectivity index (χ1n) is 9.58. The highest BCUT2D eigenvalue weighted by Gasteiger charge is 2.37. The number of likely N-dealkylation sites (tertiary alicyclic amines) is 1. The van der Waals surface area contributed by atoms with Crippen LogP contribution in [0.5, 0.6) is 0 Å². The average molecular weight is 393 g/mol. The fraction of sp³-hybridized carbons (Fsp3) is 0.318. The number of aromatic nitrogens is 2. The molecule has 0 spiro atoms. The monoisotopic (exact) mass is 393 g/mol. The van der Waals surface area contributed by atoms with Crippen LogP contribution in [0.3, 0.4) is 0 Å². The van der Waals surface area contributed by atoms with E-state index in [1.165, 1.54) is 0 Å². The molecule has 0 aliphatic carbocycles. The summed E-state index contributed by atoms with van der Waals surface area (Å²) in [5.41, 5.74) is 3.16. The lowest BCUT2D eigenvalue weighted by molar-refractivity contribution is -0.137. The minimum absolute atomic E-state index is 0.0877. The van der Waals surface area contributed by atoms with Gasteiger partial charge in [0.05, 0.1) is 23.6 Å². The maximum Gasteiger partial charge on any atom is 0.305 e. The number of para-hydroxylation sites is 1. The van der Waals surface area contributed by atoms with Gasteiger partial charge >= 0.3 is 5.97 Å². The first-order chi connectivity index (χ1) is 14.0. The van der Waals surface area contributed by atoms with E-state index in [0.29, 0.717) is 18.5 Å². The Morgan fingerprint density at radius 3 is 2.66 bits per heavy atom. The molecule has 2 unspecified atom stereocenters. The Labute approximate surface area is 168 Å². The highest BCUT2D eigenvalue weighted by atomic mass is 16.5. The highest BCUT2D eigenvalue weighted by molar-refractivity contribution is 5.98. The number of benzene rings is 2. The standard InChI is InChI=1S/C22H23N3O4/c1-14-23-19-10-15(8-9-20(19)25(14)16-6-4-3-5-7-16)22(28)24-13-18(29-2)11-17(24)12-21(26)27/h3-10,17-18H,11-13H2,1-2H3,(H,26,27). The van der Waals surface area contributed by atoms with Crippen LogP contribution >= 0.6 is 0 Å². The van der Waals surface area contributed by atoms with Crippen LogP contribution in [0, 0.1) is 6.92 Å². The maximum absolute atomic E-state index is 13.1. The van der Waals surface area contributed by atoms with Crippen LogP contribution in [0.25, 0.3) is 16.7 Å². The Hall–Kier alpha value is -3.19. The number of nitrogens with zero attached hydrogens (tertiary/aromatic N) is 3. The molecule has 0 bridgehead atoms. The van der Waals surface area contributed by atoms with E-state index < -0.39 is 5.97 Å². The summed E-state index contributed by atoms with van der Waals surface area (Å²) in [5.74, 6) is -0.276. The van der Waals surface area contributed by atoms with Crippen molar-refractivity contribution in [3.63, 3.8) is 0 Å². The van der Waals surface area contributed by atoms with Gasteiger partial charge in [-0.2, -0.15) is 0 Å². The number of imidazole rings is 1. The van der Waals surface area contributed by atoms with Crippen molar-refractivity contribution in [3.05, 3.63) is 59.9 Å². The summed E-state index contributed by atoms with van der Waals surface area (Å²) >= 11 is 0. The van der Waals surface area contributed by atoms with Crippen molar-refractivity contribution in [2.75, 3.05) is 13.7 Å². The van der Waals surface area contributed by atoms with Gasteiger partial charge in [0.15, 0.2) is 0 Å². The number of amides is 1. The van der Waals surface area contributed by atoms with Crippen molar-refractivity contribution in [2.45, 2.75) is 31.9 Å². The number of aryl methyl sites for hydroxylation is 1. The number of hydrogen-bond donors (Lipinski definition) is 1. The molecule has 1 aliphatic heterocycles. The SMILES string of the molecule is COC1CC(CC(=O)O)N(C(=O)c2ccc3c(c2)nc(C)n3-c2ccccc2)C1. The lowest BCUT2D eigenvalue weighted by Gasteiger charge is -2.23. The molecule has 7 nitrogen and oxygen atoms in total. The van der Waals surface area contributed by atoms with Crippen molar-refractivity contribution >= 4 is 22.9 Å². The van der Waals surface area contributed by atoms with Gasteiger partial charge in [0.25, 0.3) is 5.91 Å². The largest absolute Gasteiger partial charge is 0.481 e. The summed E-state index contributed by atoms with van der Waals surface area (Å²) in [4.78, 5) is 30.6. The molecule has 1 amide bonds. The molecule has 4 rings (SSSR count).